The fourth-order valence-corrected chi connectivity index (χ4v) is 2.11. The maximum atomic E-state index is 11.9. The third-order valence-electron chi connectivity index (χ3n) is 3.23. The SMILES string of the molecule is COC(=O)c1ccc(NC(=O)CC2[NH2+]CCNC2=O)cc1. The number of ether oxygens (including phenoxy) is 1. The Hall–Kier alpha value is -2.41. The van der Waals surface area contributed by atoms with Gasteiger partial charge in [-0.15, -0.1) is 0 Å². The van der Waals surface area contributed by atoms with Gasteiger partial charge in [0.25, 0.3) is 5.91 Å². The Morgan fingerprint density at radius 2 is 2.10 bits per heavy atom. The molecular formula is C14H18N3O4+. The summed E-state index contributed by atoms with van der Waals surface area (Å²) in [5.41, 5.74) is 0.986. The lowest BCUT2D eigenvalue weighted by atomic mass is 10.1. The number of nitrogens with two attached hydrogens (primary N) is 1. The summed E-state index contributed by atoms with van der Waals surface area (Å²) >= 11 is 0. The van der Waals surface area contributed by atoms with E-state index >= 15 is 0 Å². The van der Waals surface area contributed by atoms with Crippen LogP contribution in [-0.2, 0) is 14.3 Å². The van der Waals surface area contributed by atoms with Crippen molar-refractivity contribution in [2.24, 2.45) is 0 Å². The number of nitrogens with one attached hydrogen (secondary N) is 2. The van der Waals surface area contributed by atoms with E-state index in [9.17, 15) is 14.4 Å². The minimum atomic E-state index is -0.429. The number of amides is 2. The number of hydrogen-bond donors (Lipinski definition) is 3. The van der Waals surface area contributed by atoms with E-state index in [-0.39, 0.29) is 24.3 Å². The Morgan fingerprint density at radius 3 is 2.71 bits per heavy atom. The van der Waals surface area contributed by atoms with Gasteiger partial charge in [0.05, 0.1) is 32.2 Å². The summed E-state index contributed by atoms with van der Waals surface area (Å²) in [5, 5.41) is 7.29. The second-order valence-corrected chi connectivity index (χ2v) is 4.74. The number of quaternary nitrogens is 1. The molecule has 1 aromatic rings. The molecule has 0 radical (unpaired) electrons. The van der Waals surface area contributed by atoms with E-state index < -0.39 is 5.97 Å². The first-order chi connectivity index (χ1) is 10.1. The van der Waals surface area contributed by atoms with Crippen LogP contribution < -0.4 is 16.0 Å². The monoisotopic (exact) mass is 292 g/mol. The predicted molar refractivity (Wildman–Crippen MR) is 74.6 cm³/mol. The summed E-state index contributed by atoms with van der Waals surface area (Å²) in [7, 11) is 1.31. The maximum absolute atomic E-state index is 11.9. The van der Waals surface area contributed by atoms with E-state index in [1.165, 1.54) is 7.11 Å². The number of hydrogen-bond acceptors (Lipinski definition) is 4. The normalized spacial score (nSPS) is 17.8. The van der Waals surface area contributed by atoms with Gasteiger partial charge < -0.3 is 20.7 Å². The molecule has 0 spiro atoms. The van der Waals surface area contributed by atoms with Crippen LogP contribution in [0, 0.1) is 0 Å². The molecule has 1 aromatic carbocycles. The van der Waals surface area contributed by atoms with Gasteiger partial charge in [0, 0.05) is 5.69 Å². The molecule has 21 heavy (non-hydrogen) atoms. The number of rotatable bonds is 4. The van der Waals surface area contributed by atoms with Crippen molar-refractivity contribution in [3.63, 3.8) is 0 Å². The zero-order valence-electron chi connectivity index (χ0n) is 11.7. The molecule has 0 bridgehead atoms. The topological polar surface area (TPSA) is 101 Å². The summed E-state index contributed by atoms with van der Waals surface area (Å²) in [5.74, 6) is -0.780. The number of carbonyl (C=O) groups excluding carboxylic acids is 3. The summed E-state index contributed by atoms with van der Waals surface area (Å²) in [6.45, 7) is 1.41. The van der Waals surface area contributed by atoms with Gasteiger partial charge in [0.1, 0.15) is 0 Å². The summed E-state index contributed by atoms with van der Waals surface area (Å²) in [6.07, 6.45) is 0.116. The van der Waals surface area contributed by atoms with Crippen molar-refractivity contribution in [2.75, 3.05) is 25.5 Å². The zero-order chi connectivity index (χ0) is 15.2. The van der Waals surface area contributed by atoms with Crippen molar-refractivity contribution in [3.05, 3.63) is 29.8 Å². The van der Waals surface area contributed by atoms with Crippen LogP contribution in [0.1, 0.15) is 16.8 Å². The van der Waals surface area contributed by atoms with Crippen LogP contribution >= 0.6 is 0 Å². The molecule has 1 unspecified atom stereocenters. The van der Waals surface area contributed by atoms with Gasteiger partial charge in [-0.25, -0.2) is 4.79 Å². The Morgan fingerprint density at radius 1 is 1.38 bits per heavy atom. The van der Waals surface area contributed by atoms with Crippen LogP contribution in [0.3, 0.4) is 0 Å². The largest absolute Gasteiger partial charge is 0.465 e. The summed E-state index contributed by atoms with van der Waals surface area (Å²) in [4.78, 5) is 34.7. The molecule has 2 amide bonds. The molecular weight excluding hydrogens is 274 g/mol. The number of benzene rings is 1. The third kappa shape index (κ3) is 4.03. The van der Waals surface area contributed by atoms with Gasteiger partial charge in [-0.3, -0.25) is 9.59 Å². The Balaban J connectivity index is 1.90. The number of methoxy groups -OCH3 is 1. The zero-order valence-corrected chi connectivity index (χ0v) is 11.7. The molecule has 112 valence electrons. The molecule has 1 aliphatic rings. The van der Waals surface area contributed by atoms with Crippen molar-refractivity contribution in [1.29, 1.82) is 0 Å². The Kier molecular flexibility index (Phi) is 4.89. The molecule has 1 atom stereocenters. The van der Waals surface area contributed by atoms with Crippen LogP contribution in [0.15, 0.2) is 24.3 Å². The number of piperazine rings is 1. The van der Waals surface area contributed by atoms with E-state index in [4.69, 9.17) is 0 Å². The summed E-state index contributed by atoms with van der Waals surface area (Å²) in [6, 6.07) is 6.00. The van der Waals surface area contributed by atoms with Crippen LogP contribution in [-0.4, -0.2) is 44.0 Å². The molecule has 0 aromatic heterocycles. The summed E-state index contributed by atoms with van der Waals surface area (Å²) < 4.78 is 4.59. The van der Waals surface area contributed by atoms with Crippen LogP contribution in [0.5, 0.6) is 0 Å². The third-order valence-corrected chi connectivity index (χ3v) is 3.23. The first-order valence-corrected chi connectivity index (χ1v) is 6.69. The average molecular weight is 292 g/mol. The molecule has 1 saturated heterocycles. The van der Waals surface area contributed by atoms with Crippen LogP contribution in [0.4, 0.5) is 5.69 Å². The minimum Gasteiger partial charge on any atom is -0.465 e. The second-order valence-electron chi connectivity index (χ2n) is 4.74. The molecule has 1 heterocycles. The van der Waals surface area contributed by atoms with Crippen molar-refractivity contribution in [3.8, 4) is 0 Å². The Labute approximate surface area is 122 Å². The fourth-order valence-electron chi connectivity index (χ4n) is 2.11. The molecule has 0 saturated carbocycles. The van der Waals surface area contributed by atoms with Gasteiger partial charge >= 0.3 is 5.97 Å². The first kappa shape index (κ1) is 15.0. The quantitative estimate of drug-likeness (QED) is 0.611. The molecule has 1 aliphatic heterocycles. The lowest BCUT2D eigenvalue weighted by Crippen LogP contribution is -2.96. The van der Waals surface area contributed by atoms with Gasteiger partial charge in [-0.1, -0.05) is 0 Å². The Bertz CT molecular complexity index is 542. The highest BCUT2D eigenvalue weighted by Crippen LogP contribution is 2.11. The molecule has 7 nitrogen and oxygen atoms in total. The first-order valence-electron chi connectivity index (χ1n) is 6.69. The van der Waals surface area contributed by atoms with E-state index in [2.05, 4.69) is 15.4 Å². The lowest BCUT2D eigenvalue weighted by molar-refractivity contribution is -0.678. The average Bonchev–Trinajstić information content (AvgIpc) is 2.49. The molecule has 0 aliphatic carbocycles. The van der Waals surface area contributed by atoms with Crippen LogP contribution in [0.2, 0.25) is 0 Å². The highest BCUT2D eigenvalue weighted by molar-refractivity contribution is 5.95. The molecule has 2 rings (SSSR count). The number of carbonyl (C=O) groups is 3. The smallest absolute Gasteiger partial charge is 0.337 e. The lowest BCUT2D eigenvalue weighted by Gasteiger charge is -2.19. The van der Waals surface area contributed by atoms with Crippen molar-refractivity contribution in [2.45, 2.75) is 12.5 Å². The van der Waals surface area contributed by atoms with E-state index in [0.29, 0.717) is 17.8 Å². The van der Waals surface area contributed by atoms with Gasteiger partial charge in [-0.05, 0) is 24.3 Å². The second kappa shape index (κ2) is 6.85. The van der Waals surface area contributed by atoms with Crippen LogP contribution in [0.25, 0.3) is 0 Å². The van der Waals surface area contributed by atoms with E-state index in [0.717, 1.165) is 6.54 Å². The maximum Gasteiger partial charge on any atom is 0.337 e. The van der Waals surface area contributed by atoms with Crippen molar-refractivity contribution < 1.29 is 24.4 Å². The van der Waals surface area contributed by atoms with E-state index in [1.807, 2.05) is 5.32 Å². The number of anilines is 1. The molecule has 4 N–H and O–H groups in total. The van der Waals surface area contributed by atoms with Gasteiger partial charge in [-0.2, -0.15) is 0 Å². The fraction of sp³-hybridized carbons (Fsp3) is 0.357. The molecule has 1 fully saturated rings. The predicted octanol–water partition coefficient (Wildman–Crippen LogP) is -1.14. The highest BCUT2D eigenvalue weighted by atomic mass is 16.5. The van der Waals surface area contributed by atoms with Gasteiger partial charge in [0.2, 0.25) is 5.91 Å². The van der Waals surface area contributed by atoms with Crippen molar-refractivity contribution in [1.82, 2.24) is 5.32 Å². The van der Waals surface area contributed by atoms with Crippen molar-refractivity contribution >= 4 is 23.5 Å². The highest BCUT2D eigenvalue weighted by Gasteiger charge is 2.27. The van der Waals surface area contributed by atoms with E-state index in [1.54, 1.807) is 24.3 Å². The molecule has 7 heteroatoms. The minimum absolute atomic E-state index is 0.113. The number of esters is 1. The standard InChI is InChI=1S/C14H17N3O4/c1-21-14(20)9-2-4-10(5-3-9)17-12(18)8-11-13(19)16-7-6-15-11/h2-5,11,15H,6-8H2,1H3,(H,16,19)(H,17,18)/p+1. The van der Waals surface area contributed by atoms with Gasteiger partial charge in [0.15, 0.2) is 6.04 Å².